The van der Waals surface area contributed by atoms with Crippen LogP contribution in [0, 0.1) is 25.2 Å². The fourth-order valence-corrected chi connectivity index (χ4v) is 2.15. The molecule has 5 nitrogen and oxygen atoms in total. The molecule has 0 fully saturated rings. The van der Waals surface area contributed by atoms with Crippen LogP contribution in [0.3, 0.4) is 0 Å². The summed E-state index contributed by atoms with van der Waals surface area (Å²) in [6.07, 6.45) is 0.114. The average Bonchev–Trinajstić information content (AvgIpc) is 2.57. The molecular formula is C19H18N2O3. The fourth-order valence-electron chi connectivity index (χ4n) is 2.15. The van der Waals surface area contributed by atoms with E-state index in [9.17, 15) is 9.59 Å². The van der Waals surface area contributed by atoms with Gasteiger partial charge in [-0.2, -0.15) is 5.26 Å². The first-order valence-corrected chi connectivity index (χ1v) is 7.50. The number of esters is 1. The number of nitrogens with one attached hydrogen (secondary N) is 1. The van der Waals surface area contributed by atoms with Gasteiger partial charge in [0.1, 0.15) is 6.07 Å². The van der Waals surface area contributed by atoms with Crippen LogP contribution in [0.4, 0.5) is 5.69 Å². The number of amides is 1. The maximum Gasteiger partial charge on any atom is 0.310 e. The van der Waals surface area contributed by atoms with Gasteiger partial charge in [0.2, 0.25) is 0 Å². The van der Waals surface area contributed by atoms with Gasteiger partial charge in [-0.3, -0.25) is 9.59 Å². The number of anilines is 1. The predicted octanol–water partition coefficient (Wildman–Crippen LogP) is 2.90. The number of carbonyl (C=O) groups is 2. The summed E-state index contributed by atoms with van der Waals surface area (Å²) in [6, 6.07) is 14.4. The number of ether oxygens (including phenoxy) is 1. The van der Waals surface area contributed by atoms with Gasteiger partial charge in [0, 0.05) is 0 Å². The molecule has 1 amide bonds. The highest BCUT2D eigenvalue weighted by atomic mass is 16.5. The third-order valence-electron chi connectivity index (χ3n) is 3.61. The quantitative estimate of drug-likeness (QED) is 0.858. The molecule has 0 aliphatic heterocycles. The summed E-state index contributed by atoms with van der Waals surface area (Å²) in [7, 11) is 0. The highest BCUT2D eigenvalue weighted by Crippen LogP contribution is 2.13. The molecule has 2 aromatic carbocycles. The van der Waals surface area contributed by atoms with Crippen molar-refractivity contribution >= 4 is 17.6 Å². The lowest BCUT2D eigenvalue weighted by Gasteiger charge is -2.08. The Bertz CT molecular complexity index is 806. The maximum absolute atomic E-state index is 11.8. The first-order valence-electron chi connectivity index (χ1n) is 7.50. The Balaban J connectivity index is 1.86. The van der Waals surface area contributed by atoms with Crippen LogP contribution in [0.5, 0.6) is 0 Å². The lowest BCUT2D eigenvalue weighted by molar-refractivity contribution is -0.146. The fraction of sp³-hybridized carbons (Fsp3) is 0.211. The van der Waals surface area contributed by atoms with Crippen LogP contribution in [0.1, 0.15) is 22.3 Å². The SMILES string of the molecule is Cc1ccc(CC(=O)OCC(=O)Nc2ccccc2C#N)cc1C. The van der Waals surface area contributed by atoms with Crippen LogP contribution >= 0.6 is 0 Å². The van der Waals surface area contributed by atoms with Crippen LogP contribution in [-0.4, -0.2) is 18.5 Å². The van der Waals surface area contributed by atoms with E-state index in [4.69, 9.17) is 10.00 Å². The molecule has 2 aromatic rings. The first kappa shape index (κ1) is 17.2. The highest BCUT2D eigenvalue weighted by Gasteiger charge is 2.11. The Morgan fingerprint density at radius 2 is 1.88 bits per heavy atom. The number of carbonyl (C=O) groups excluding carboxylic acids is 2. The Morgan fingerprint density at radius 3 is 2.58 bits per heavy atom. The molecule has 122 valence electrons. The second-order valence-corrected chi connectivity index (χ2v) is 5.46. The Kier molecular flexibility index (Phi) is 5.69. The van der Waals surface area contributed by atoms with Crippen molar-refractivity contribution in [2.75, 3.05) is 11.9 Å². The number of hydrogen-bond acceptors (Lipinski definition) is 4. The van der Waals surface area contributed by atoms with Gasteiger partial charge < -0.3 is 10.1 Å². The number of hydrogen-bond donors (Lipinski definition) is 1. The van der Waals surface area contributed by atoms with Gasteiger partial charge in [-0.25, -0.2) is 0 Å². The van der Waals surface area contributed by atoms with Crippen molar-refractivity contribution < 1.29 is 14.3 Å². The molecule has 1 N–H and O–H groups in total. The predicted molar refractivity (Wildman–Crippen MR) is 90.4 cm³/mol. The van der Waals surface area contributed by atoms with E-state index in [1.807, 2.05) is 38.1 Å². The second-order valence-electron chi connectivity index (χ2n) is 5.46. The smallest absolute Gasteiger partial charge is 0.310 e. The summed E-state index contributed by atoms with van der Waals surface area (Å²) in [5, 5.41) is 11.5. The minimum absolute atomic E-state index is 0.114. The maximum atomic E-state index is 11.8. The molecule has 5 heteroatoms. The van der Waals surface area contributed by atoms with E-state index in [2.05, 4.69) is 5.32 Å². The molecule has 0 atom stereocenters. The van der Waals surface area contributed by atoms with Crippen LogP contribution in [0.25, 0.3) is 0 Å². The summed E-state index contributed by atoms with van der Waals surface area (Å²) < 4.78 is 4.99. The van der Waals surface area contributed by atoms with Crippen molar-refractivity contribution in [3.05, 3.63) is 64.7 Å². The summed E-state index contributed by atoms with van der Waals surface area (Å²) in [4.78, 5) is 23.7. The molecular weight excluding hydrogens is 304 g/mol. The number of rotatable bonds is 5. The van der Waals surface area contributed by atoms with Gasteiger partial charge in [-0.15, -0.1) is 0 Å². The molecule has 2 rings (SSSR count). The van der Waals surface area contributed by atoms with Crippen LogP contribution < -0.4 is 5.32 Å². The molecule has 0 bridgehead atoms. The highest BCUT2D eigenvalue weighted by molar-refractivity contribution is 5.94. The molecule has 0 aliphatic carbocycles. The summed E-state index contributed by atoms with van der Waals surface area (Å²) in [6.45, 7) is 3.59. The van der Waals surface area contributed by atoms with E-state index < -0.39 is 11.9 Å². The number of benzene rings is 2. The van der Waals surface area contributed by atoms with E-state index in [1.54, 1.807) is 24.3 Å². The van der Waals surface area contributed by atoms with Gasteiger partial charge in [0.05, 0.1) is 17.7 Å². The molecule has 0 heterocycles. The van der Waals surface area contributed by atoms with Gasteiger partial charge in [0.25, 0.3) is 5.91 Å². The van der Waals surface area contributed by atoms with E-state index in [0.29, 0.717) is 11.3 Å². The zero-order valence-corrected chi connectivity index (χ0v) is 13.6. The minimum Gasteiger partial charge on any atom is -0.455 e. The van der Waals surface area contributed by atoms with E-state index >= 15 is 0 Å². The van der Waals surface area contributed by atoms with E-state index in [0.717, 1.165) is 16.7 Å². The van der Waals surface area contributed by atoms with Crippen molar-refractivity contribution in [3.63, 3.8) is 0 Å². The third kappa shape index (κ3) is 4.68. The molecule has 0 aliphatic rings. The van der Waals surface area contributed by atoms with E-state index in [-0.39, 0.29) is 13.0 Å². The Labute approximate surface area is 140 Å². The zero-order chi connectivity index (χ0) is 17.5. The van der Waals surface area contributed by atoms with Gasteiger partial charge in [-0.05, 0) is 42.7 Å². The Hall–Kier alpha value is -3.13. The molecule has 0 aromatic heterocycles. The Morgan fingerprint density at radius 1 is 1.12 bits per heavy atom. The summed E-state index contributed by atoms with van der Waals surface area (Å²) in [5.41, 5.74) is 3.86. The molecule has 0 spiro atoms. The molecule has 24 heavy (non-hydrogen) atoms. The normalized spacial score (nSPS) is 9.88. The van der Waals surface area contributed by atoms with Crippen molar-refractivity contribution in [1.82, 2.24) is 0 Å². The average molecular weight is 322 g/mol. The van der Waals surface area contributed by atoms with Crippen molar-refractivity contribution in [2.24, 2.45) is 0 Å². The molecule has 0 saturated carbocycles. The molecule has 0 unspecified atom stereocenters. The topological polar surface area (TPSA) is 79.2 Å². The number of aryl methyl sites for hydroxylation is 2. The number of nitriles is 1. The molecule has 0 radical (unpaired) electrons. The van der Waals surface area contributed by atoms with Gasteiger partial charge in [-0.1, -0.05) is 30.3 Å². The largest absolute Gasteiger partial charge is 0.455 e. The summed E-state index contributed by atoms with van der Waals surface area (Å²) in [5.74, 6) is -0.951. The summed E-state index contributed by atoms with van der Waals surface area (Å²) >= 11 is 0. The first-order chi connectivity index (χ1) is 11.5. The van der Waals surface area contributed by atoms with E-state index in [1.165, 1.54) is 0 Å². The van der Waals surface area contributed by atoms with Crippen LogP contribution in [-0.2, 0) is 20.7 Å². The standard InChI is InChI=1S/C19H18N2O3/c1-13-7-8-15(9-14(13)2)10-19(23)24-12-18(22)21-17-6-4-3-5-16(17)11-20/h3-9H,10,12H2,1-2H3,(H,21,22). The van der Waals surface area contributed by atoms with Crippen molar-refractivity contribution in [2.45, 2.75) is 20.3 Å². The van der Waals surface area contributed by atoms with Crippen LogP contribution in [0.2, 0.25) is 0 Å². The monoisotopic (exact) mass is 322 g/mol. The van der Waals surface area contributed by atoms with Crippen molar-refractivity contribution in [3.8, 4) is 6.07 Å². The van der Waals surface area contributed by atoms with Gasteiger partial charge in [0.15, 0.2) is 6.61 Å². The second kappa shape index (κ2) is 7.93. The lowest BCUT2D eigenvalue weighted by atomic mass is 10.0. The van der Waals surface area contributed by atoms with Gasteiger partial charge >= 0.3 is 5.97 Å². The minimum atomic E-state index is -0.480. The third-order valence-corrected chi connectivity index (χ3v) is 3.61. The lowest BCUT2D eigenvalue weighted by Crippen LogP contribution is -2.22. The van der Waals surface area contributed by atoms with Crippen molar-refractivity contribution in [1.29, 1.82) is 5.26 Å². The number of para-hydroxylation sites is 1. The zero-order valence-electron chi connectivity index (χ0n) is 13.6. The van der Waals surface area contributed by atoms with Crippen LogP contribution in [0.15, 0.2) is 42.5 Å². The molecule has 0 saturated heterocycles. The number of nitrogens with zero attached hydrogens (tertiary/aromatic N) is 1.